The van der Waals surface area contributed by atoms with Crippen LogP contribution in [0.15, 0.2) is 24.5 Å². The van der Waals surface area contributed by atoms with Gasteiger partial charge in [-0.2, -0.15) is 0 Å². The van der Waals surface area contributed by atoms with Gasteiger partial charge in [0, 0.05) is 17.9 Å². The summed E-state index contributed by atoms with van der Waals surface area (Å²) in [4.78, 5) is 6.66. The largest absolute Gasteiger partial charge is 0.308 e. The van der Waals surface area contributed by atoms with Crippen molar-refractivity contribution >= 4 is 0 Å². The van der Waals surface area contributed by atoms with E-state index >= 15 is 0 Å². The molecule has 1 atom stereocenters. The van der Waals surface area contributed by atoms with E-state index in [9.17, 15) is 0 Å². The number of aromatic nitrogens is 1. The van der Waals surface area contributed by atoms with Gasteiger partial charge in [-0.1, -0.05) is 26.8 Å². The highest BCUT2D eigenvalue weighted by Gasteiger charge is 2.38. The monoisotopic (exact) mass is 263 g/mol. The van der Waals surface area contributed by atoms with Crippen LogP contribution in [0.3, 0.4) is 0 Å². The second kappa shape index (κ2) is 7.61. The lowest BCUT2D eigenvalue weighted by Gasteiger charge is -2.45. The van der Waals surface area contributed by atoms with Crippen molar-refractivity contribution in [1.82, 2.24) is 15.2 Å². The van der Waals surface area contributed by atoms with Gasteiger partial charge in [-0.25, -0.2) is 0 Å². The van der Waals surface area contributed by atoms with Crippen LogP contribution in [0, 0.1) is 0 Å². The van der Waals surface area contributed by atoms with Crippen molar-refractivity contribution in [3.05, 3.63) is 30.1 Å². The summed E-state index contributed by atoms with van der Waals surface area (Å²) < 4.78 is 0. The van der Waals surface area contributed by atoms with E-state index in [2.05, 4.69) is 56.1 Å². The molecule has 0 aromatic carbocycles. The fraction of sp³-hybridized carbons (Fsp3) is 0.688. The van der Waals surface area contributed by atoms with Gasteiger partial charge < -0.3 is 10.2 Å². The van der Waals surface area contributed by atoms with Gasteiger partial charge in [0.2, 0.25) is 0 Å². The maximum absolute atomic E-state index is 4.30. The van der Waals surface area contributed by atoms with Crippen LogP contribution < -0.4 is 5.32 Å². The standard InChI is InChI=1S/C16H29N3/c1-6-11-18-15(14-10-9-12-17-13-14)16(7-2,8-3)19(4)5/h9-10,12-13,15,18H,6-8,11H2,1-5H3. The minimum Gasteiger partial charge on any atom is -0.308 e. The minimum absolute atomic E-state index is 0.137. The van der Waals surface area contributed by atoms with Crippen molar-refractivity contribution in [2.45, 2.75) is 51.6 Å². The molecule has 1 heterocycles. The predicted octanol–water partition coefficient (Wildman–Crippen LogP) is 3.24. The van der Waals surface area contributed by atoms with E-state index in [0.717, 1.165) is 25.8 Å². The summed E-state index contributed by atoms with van der Waals surface area (Å²) >= 11 is 0. The van der Waals surface area contributed by atoms with Gasteiger partial charge >= 0.3 is 0 Å². The molecule has 0 aliphatic rings. The summed E-state index contributed by atoms with van der Waals surface area (Å²) in [6.45, 7) is 7.80. The van der Waals surface area contributed by atoms with E-state index < -0.39 is 0 Å². The average molecular weight is 263 g/mol. The van der Waals surface area contributed by atoms with Crippen molar-refractivity contribution in [1.29, 1.82) is 0 Å². The molecule has 3 nitrogen and oxygen atoms in total. The van der Waals surface area contributed by atoms with Crippen molar-refractivity contribution in [2.75, 3.05) is 20.6 Å². The maximum Gasteiger partial charge on any atom is 0.0522 e. The predicted molar refractivity (Wildman–Crippen MR) is 82.3 cm³/mol. The molecule has 0 radical (unpaired) electrons. The van der Waals surface area contributed by atoms with Crippen LogP contribution >= 0.6 is 0 Å². The highest BCUT2D eigenvalue weighted by Crippen LogP contribution is 2.35. The number of likely N-dealkylation sites (N-methyl/N-ethyl adjacent to an activating group) is 1. The first-order valence-corrected chi connectivity index (χ1v) is 7.43. The van der Waals surface area contributed by atoms with Gasteiger partial charge in [-0.15, -0.1) is 0 Å². The summed E-state index contributed by atoms with van der Waals surface area (Å²) in [5.74, 6) is 0. The van der Waals surface area contributed by atoms with Crippen molar-refractivity contribution in [3.8, 4) is 0 Å². The molecule has 1 rings (SSSR count). The van der Waals surface area contributed by atoms with Gasteiger partial charge in [0.15, 0.2) is 0 Å². The molecule has 1 aromatic rings. The van der Waals surface area contributed by atoms with Crippen LogP contribution in [0.5, 0.6) is 0 Å². The molecule has 0 aliphatic carbocycles. The molecule has 0 spiro atoms. The number of nitrogens with zero attached hydrogens (tertiary/aromatic N) is 2. The van der Waals surface area contributed by atoms with E-state index in [0.29, 0.717) is 6.04 Å². The maximum atomic E-state index is 4.30. The molecule has 1 unspecified atom stereocenters. The van der Waals surface area contributed by atoms with Gasteiger partial charge in [-0.3, -0.25) is 4.98 Å². The van der Waals surface area contributed by atoms with Gasteiger partial charge in [0.1, 0.15) is 0 Å². The first kappa shape index (κ1) is 16.1. The molecule has 0 fully saturated rings. The molecule has 0 bridgehead atoms. The van der Waals surface area contributed by atoms with Crippen molar-refractivity contribution in [2.24, 2.45) is 0 Å². The minimum atomic E-state index is 0.137. The van der Waals surface area contributed by atoms with Crippen LogP contribution in [0.4, 0.5) is 0 Å². The van der Waals surface area contributed by atoms with Crippen molar-refractivity contribution in [3.63, 3.8) is 0 Å². The Morgan fingerprint density at radius 1 is 1.26 bits per heavy atom. The number of pyridine rings is 1. The fourth-order valence-corrected chi connectivity index (χ4v) is 3.00. The first-order chi connectivity index (χ1) is 9.12. The second-order valence-corrected chi connectivity index (χ2v) is 5.38. The lowest BCUT2D eigenvalue weighted by atomic mass is 9.80. The molecular formula is C16H29N3. The first-order valence-electron chi connectivity index (χ1n) is 7.43. The fourth-order valence-electron chi connectivity index (χ4n) is 3.00. The molecule has 0 amide bonds. The Hall–Kier alpha value is -0.930. The van der Waals surface area contributed by atoms with E-state index in [-0.39, 0.29) is 5.54 Å². The number of hydrogen-bond donors (Lipinski definition) is 1. The quantitative estimate of drug-likeness (QED) is 0.780. The Morgan fingerprint density at radius 3 is 2.37 bits per heavy atom. The molecule has 1 aromatic heterocycles. The lowest BCUT2D eigenvalue weighted by Crippen LogP contribution is -2.53. The van der Waals surface area contributed by atoms with Crippen LogP contribution in [0.1, 0.15) is 51.6 Å². The zero-order valence-electron chi connectivity index (χ0n) is 13.1. The molecular weight excluding hydrogens is 234 g/mol. The Morgan fingerprint density at radius 2 is 1.95 bits per heavy atom. The third-order valence-corrected chi connectivity index (χ3v) is 4.27. The van der Waals surface area contributed by atoms with Crippen molar-refractivity contribution < 1.29 is 0 Å². The molecule has 108 valence electrons. The highest BCUT2D eigenvalue weighted by molar-refractivity contribution is 5.20. The summed E-state index contributed by atoms with van der Waals surface area (Å²) in [7, 11) is 4.37. The van der Waals surface area contributed by atoms with Gasteiger partial charge in [0.25, 0.3) is 0 Å². The van der Waals surface area contributed by atoms with Crippen LogP contribution in [0.2, 0.25) is 0 Å². The molecule has 0 aliphatic heterocycles. The van der Waals surface area contributed by atoms with E-state index in [1.807, 2.05) is 18.5 Å². The Labute approximate surface area is 118 Å². The van der Waals surface area contributed by atoms with Crippen LogP contribution in [0.25, 0.3) is 0 Å². The number of rotatable bonds is 8. The molecule has 3 heteroatoms. The zero-order valence-corrected chi connectivity index (χ0v) is 13.1. The Bertz CT molecular complexity index is 344. The average Bonchev–Trinajstić information content (AvgIpc) is 2.44. The molecule has 0 saturated heterocycles. The summed E-state index contributed by atoms with van der Waals surface area (Å²) in [6, 6.07) is 4.54. The molecule has 1 N–H and O–H groups in total. The summed E-state index contributed by atoms with van der Waals surface area (Å²) in [5.41, 5.74) is 1.42. The SMILES string of the molecule is CCCNC(c1cccnc1)C(CC)(CC)N(C)C. The third-order valence-electron chi connectivity index (χ3n) is 4.27. The van der Waals surface area contributed by atoms with E-state index in [4.69, 9.17) is 0 Å². The summed E-state index contributed by atoms with van der Waals surface area (Å²) in [6.07, 6.45) is 7.22. The normalized spacial score (nSPS) is 13.8. The lowest BCUT2D eigenvalue weighted by molar-refractivity contribution is 0.0880. The smallest absolute Gasteiger partial charge is 0.0522 e. The van der Waals surface area contributed by atoms with Gasteiger partial charge in [0.05, 0.1) is 6.04 Å². The van der Waals surface area contributed by atoms with Crippen LogP contribution in [-0.2, 0) is 0 Å². The van der Waals surface area contributed by atoms with Gasteiger partial charge in [-0.05, 0) is 51.5 Å². The third kappa shape index (κ3) is 3.54. The van der Waals surface area contributed by atoms with Crippen LogP contribution in [-0.4, -0.2) is 36.1 Å². The summed E-state index contributed by atoms with van der Waals surface area (Å²) in [5, 5.41) is 3.73. The van der Waals surface area contributed by atoms with E-state index in [1.165, 1.54) is 5.56 Å². The molecule has 0 saturated carbocycles. The zero-order chi connectivity index (χ0) is 14.3. The molecule has 19 heavy (non-hydrogen) atoms. The van der Waals surface area contributed by atoms with E-state index in [1.54, 1.807) is 0 Å². The number of nitrogens with one attached hydrogen (secondary N) is 1. The second-order valence-electron chi connectivity index (χ2n) is 5.38. The Kier molecular flexibility index (Phi) is 6.46. The topological polar surface area (TPSA) is 28.2 Å². The Balaban J connectivity index is 3.14. The highest BCUT2D eigenvalue weighted by atomic mass is 15.2. The number of hydrogen-bond acceptors (Lipinski definition) is 3.